The molecule has 0 unspecified atom stereocenters. The Labute approximate surface area is 181 Å². The molecule has 0 spiro atoms. The maximum atomic E-state index is 9.64. The van der Waals surface area contributed by atoms with Crippen molar-refractivity contribution < 1.29 is 0 Å². The molecule has 1 saturated carbocycles. The van der Waals surface area contributed by atoms with Gasteiger partial charge in [-0.05, 0) is 49.6 Å². The lowest BCUT2D eigenvalue weighted by Gasteiger charge is -2.33. The maximum Gasteiger partial charge on any atom is 0.131 e. The molecule has 5 rings (SSSR count). The topological polar surface area (TPSA) is 68.1 Å². The van der Waals surface area contributed by atoms with Gasteiger partial charge in [-0.25, -0.2) is 9.97 Å². The molecule has 4 heterocycles. The van der Waals surface area contributed by atoms with E-state index in [9.17, 15) is 5.26 Å². The molecular weight excluding hydrogens is 392 g/mol. The smallest absolute Gasteiger partial charge is 0.131 e. The molecule has 2 aliphatic rings. The number of fused-ring (bicyclic) bond motifs is 1. The molecule has 0 aromatic carbocycles. The van der Waals surface area contributed by atoms with Gasteiger partial charge in [0, 0.05) is 37.8 Å². The van der Waals surface area contributed by atoms with Gasteiger partial charge in [0.05, 0.1) is 16.6 Å². The van der Waals surface area contributed by atoms with Crippen LogP contribution in [-0.4, -0.2) is 48.1 Å². The van der Waals surface area contributed by atoms with Crippen LogP contribution >= 0.6 is 11.3 Å². The summed E-state index contributed by atoms with van der Waals surface area (Å²) in [6.45, 7) is 4.16. The quantitative estimate of drug-likeness (QED) is 0.661. The van der Waals surface area contributed by atoms with Crippen LogP contribution in [0.15, 0.2) is 30.6 Å². The van der Waals surface area contributed by atoms with Gasteiger partial charge in [0.15, 0.2) is 0 Å². The second-order valence-corrected chi connectivity index (χ2v) is 9.38. The van der Waals surface area contributed by atoms with Crippen LogP contribution in [0.1, 0.15) is 42.0 Å². The number of likely N-dealkylation sites (N-methyl/N-ethyl adjacent to an activating group) is 1. The first-order valence-corrected chi connectivity index (χ1v) is 11.5. The second kappa shape index (κ2) is 8.21. The molecule has 0 radical (unpaired) electrons. The van der Waals surface area contributed by atoms with Gasteiger partial charge >= 0.3 is 0 Å². The normalized spacial score (nSPS) is 18.1. The van der Waals surface area contributed by atoms with E-state index in [4.69, 9.17) is 0 Å². The highest BCUT2D eigenvalue weighted by atomic mass is 32.1. The molecule has 7 heteroatoms. The van der Waals surface area contributed by atoms with Gasteiger partial charge in [-0.3, -0.25) is 0 Å². The molecule has 0 bridgehead atoms. The highest BCUT2D eigenvalue weighted by molar-refractivity contribution is 7.19. The second-order valence-electron chi connectivity index (χ2n) is 8.32. The van der Waals surface area contributed by atoms with Crippen molar-refractivity contribution in [2.75, 3.05) is 43.4 Å². The Morgan fingerprint density at radius 3 is 2.60 bits per heavy atom. The Bertz CT molecular complexity index is 1070. The van der Waals surface area contributed by atoms with Crippen molar-refractivity contribution in [3.8, 4) is 6.07 Å². The summed E-state index contributed by atoms with van der Waals surface area (Å²) < 4.78 is 1.10. The molecule has 0 atom stereocenters. The third kappa shape index (κ3) is 3.73. The van der Waals surface area contributed by atoms with Gasteiger partial charge in [0.2, 0.25) is 0 Å². The number of hydrogen-bond donors (Lipinski definition) is 1. The van der Waals surface area contributed by atoms with Crippen LogP contribution in [0.3, 0.4) is 0 Å². The molecule has 154 valence electrons. The van der Waals surface area contributed by atoms with Crippen molar-refractivity contribution in [3.63, 3.8) is 0 Å². The van der Waals surface area contributed by atoms with E-state index in [1.807, 2.05) is 12.4 Å². The first-order chi connectivity index (χ1) is 14.7. The zero-order valence-electron chi connectivity index (χ0n) is 17.3. The standard InChI is InChI=1S/C23H26N6S/c1-28-8-10-29(11-9-28)22-7-6-17(14-26-22)27-21-12-18-20(15-25-21)30-19(13-24)23(18)16-4-2-3-5-16/h6-7,12,14-16H,2-5,8-11H2,1H3,(H,25,27). The zero-order valence-corrected chi connectivity index (χ0v) is 18.1. The number of aromatic nitrogens is 2. The predicted molar refractivity (Wildman–Crippen MR) is 123 cm³/mol. The average molecular weight is 419 g/mol. The average Bonchev–Trinajstić information content (AvgIpc) is 3.42. The van der Waals surface area contributed by atoms with Gasteiger partial charge < -0.3 is 15.1 Å². The fourth-order valence-electron chi connectivity index (χ4n) is 4.62. The Morgan fingerprint density at radius 1 is 1.10 bits per heavy atom. The number of hydrogen-bond acceptors (Lipinski definition) is 7. The molecule has 30 heavy (non-hydrogen) atoms. The highest BCUT2D eigenvalue weighted by Gasteiger charge is 2.24. The summed E-state index contributed by atoms with van der Waals surface area (Å²) in [4.78, 5) is 14.8. The van der Waals surface area contributed by atoms with E-state index in [2.05, 4.69) is 56.4 Å². The van der Waals surface area contributed by atoms with Crippen LogP contribution in [0.2, 0.25) is 0 Å². The van der Waals surface area contributed by atoms with Crippen LogP contribution in [0.5, 0.6) is 0 Å². The summed E-state index contributed by atoms with van der Waals surface area (Å²) >= 11 is 1.57. The van der Waals surface area contributed by atoms with Crippen LogP contribution < -0.4 is 10.2 Å². The summed E-state index contributed by atoms with van der Waals surface area (Å²) in [5, 5.41) is 14.2. The zero-order chi connectivity index (χ0) is 20.5. The van der Waals surface area contributed by atoms with Crippen LogP contribution in [-0.2, 0) is 0 Å². The van der Waals surface area contributed by atoms with Crippen molar-refractivity contribution >= 4 is 38.7 Å². The Morgan fingerprint density at radius 2 is 1.90 bits per heavy atom. The summed E-state index contributed by atoms with van der Waals surface area (Å²) in [6, 6.07) is 8.68. The first kappa shape index (κ1) is 19.3. The van der Waals surface area contributed by atoms with Gasteiger partial charge in [-0.1, -0.05) is 12.8 Å². The van der Waals surface area contributed by atoms with E-state index in [0.29, 0.717) is 5.92 Å². The molecule has 1 aliphatic carbocycles. The minimum Gasteiger partial charge on any atom is -0.354 e. The Balaban J connectivity index is 1.37. The number of nitriles is 1. The van der Waals surface area contributed by atoms with Crippen LogP contribution in [0.4, 0.5) is 17.3 Å². The lowest BCUT2D eigenvalue weighted by atomic mass is 9.95. The molecule has 1 N–H and O–H groups in total. The molecule has 1 saturated heterocycles. The number of nitrogens with zero attached hydrogens (tertiary/aromatic N) is 5. The van der Waals surface area contributed by atoms with E-state index in [1.165, 1.54) is 36.6 Å². The molecule has 6 nitrogen and oxygen atoms in total. The summed E-state index contributed by atoms with van der Waals surface area (Å²) in [5.41, 5.74) is 2.17. The number of rotatable bonds is 4. The highest BCUT2D eigenvalue weighted by Crippen LogP contribution is 2.43. The summed E-state index contributed by atoms with van der Waals surface area (Å²) in [6.07, 6.45) is 8.66. The minimum absolute atomic E-state index is 0.508. The van der Waals surface area contributed by atoms with Crippen LogP contribution in [0, 0.1) is 11.3 Å². The van der Waals surface area contributed by atoms with Crippen molar-refractivity contribution in [3.05, 3.63) is 41.0 Å². The molecule has 0 amide bonds. The number of thiophene rings is 1. The van der Waals surface area contributed by atoms with E-state index in [1.54, 1.807) is 11.3 Å². The molecule has 3 aromatic rings. The van der Waals surface area contributed by atoms with Crippen molar-refractivity contribution in [2.24, 2.45) is 0 Å². The van der Waals surface area contributed by atoms with E-state index >= 15 is 0 Å². The monoisotopic (exact) mass is 418 g/mol. The van der Waals surface area contributed by atoms with E-state index in [0.717, 1.165) is 53.1 Å². The predicted octanol–water partition coefficient (Wildman–Crippen LogP) is 4.72. The minimum atomic E-state index is 0.508. The number of anilines is 3. The molecular formula is C23H26N6S. The molecule has 1 aliphatic heterocycles. The van der Waals surface area contributed by atoms with Gasteiger partial charge in [0.1, 0.15) is 22.6 Å². The van der Waals surface area contributed by atoms with Crippen molar-refractivity contribution in [1.29, 1.82) is 5.26 Å². The van der Waals surface area contributed by atoms with Gasteiger partial charge in [-0.15, -0.1) is 11.3 Å². The number of piperazine rings is 1. The number of pyridine rings is 2. The number of nitrogens with one attached hydrogen (secondary N) is 1. The fourth-order valence-corrected chi connectivity index (χ4v) is 5.66. The summed E-state index contributed by atoms with van der Waals surface area (Å²) in [7, 11) is 2.16. The first-order valence-electron chi connectivity index (χ1n) is 10.7. The Hall–Kier alpha value is -2.69. The molecule has 3 aromatic heterocycles. The van der Waals surface area contributed by atoms with Crippen molar-refractivity contribution in [1.82, 2.24) is 14.9 Å². The van der Waals surface area contributed by atoms with Gasteiger partial charge in [-0.2, -0.15) is 5.26 Å². The maximum absolute atomic E-state index is 9.64. The largest absolute Gasteiger partial charge is 0.354 e. The molecule has 2 fully saturated rings. The third-order valence-corrected chi connectivity index (χ3v) is 7.39. The SMILES string of the molecule is CN1CCN(c2ccc(Nc3cc4c(C5CCCC5)c(C#N)sc4cn3)cn2)CC1. The van der Waals surface area contributed by atoms with Crippen LogP contribution in [0.25, 0.3) is 10.1 Å². The Kier molecular flexibility index (Phi) is 5.28. The van der Waals surface area contributed by atoms with E-state index < -0.39 is 0 Å². The fraction of sp³-hybridized carbons (Fsp3) is 0.435. The van der Waals surface area contributed by atoms with Crippen molar-refractivity contribution in [2.45, 2.75) is 31.6 Å². The van der Waals surface area contributed by atoms with Gasteiger partial charge in [0.25, 0.3) is 0 Å². The summed E-state index contributed by atoms with van der Waals surface area (Å²) in [5.74, 6) is 2.34. The lowest BCUT2D eigenvalue weighted by Crippen LogP contribution is -2.44. The lowest BCUT2D eigenvalue weighted by molar-refractivity contribution is 0.312. The van der Waals surface area contributed by atoms with E-state index in [-0.39, 0.29) is 0 Å². The third-order valence-electron chi connectivity index (χ3n) is 6.33.